The lowest BCUT2D eigenvalue weighted by molar-refractivity contribution is -0.126. The van der Waals surface area contributed by atoms with Gasteiger partial charge in [0.25, 0.3) is 0 Å². The maximum atomic E-state index is 11.7. The van der Waals surface area contributed by atoms with Gasteiger partial charge in [-0.3, -0.25) is 4.79 Å². The lowest BCUT2D eigenvalue weighted by atomic mass is 10.0. The van der Waals surface area contributed by atoms with Crippen LogP contribution in [-0.2, 0) is 14.6 Å². The van der Waals surface area contributed by atoms with E-state index < -0.39 is 15.4 Å². The molecule has 0 bridgehead atoms. The molecule has 0 radical (unpaired) electrons. The normalized spacial score (nSPS) is 24.3. The largest absolute Gasteiger partial charge is 0.354 e. The minimum atomic E-state index is -2.85. The van der Waals surface area contributed by atoms with Crippen LogP contribution in [0.15, 0.2) is 0 Å². The predicted octanol–water partition coefficient (Wildman–Crippen LogP) is -0.465. The van der Waals surface area contributed by atoms with Gasteiger partial charge in [-0.15, -0.1) is 0 Å². The quantitative estimate of drug-likeness (QED) is 0.705. The van der Waals surface area contributed by atoms with Crippen LogP contribution in [0.5, 0.6) is 0 Å². The number of carbonyl (C=O) groups excluding carboxylic acids is 1. The summed E-state index contributed by atoms with van der Waals surface area (Å²) in [5.74, 6) is 0.428. The lowest BCUT2D eigenvalue weighted by Crippen LogP contribution is -2.52. The number of sulfone groups is 1. The molecule has 1 aliphatic rings. The van der Waals surface area contributed by atoms with Crippen molar-refractivity contribution in [3.8, 4) is 0 Å². The van der Waals surface area contributed by atoms with Crippen LogP contribution < -0.4 is 10.6 Å². The van der Waals surface area contributed by atoms with Crippen LogP contribution in [-0.4, -0.2) is 45.0 Å². The highest BCUT2D eigenvalue weighted by molar-refractivity contribution is 7.91. The molecule has 0 aromatic heterocycles. The van der Waals surface area contributed by atoms with Gasteiger partial charge in [-0.1, -0.05) is 0 Å². The molecular weight excluding hydrogens is 228 g/mol. The highest BCUT2D eigenvalue weighted by atomic mass is 32.2. The smallest absolute Gasteiger partial charge is 0.239 e. The van der Waals surface area contributed by atoms with E-state index in [0.717, 1.165) is 0 Å². The fourth-order valence-electron chi connectivity index (χ4n) is 1.60. The van der Waals surface area contributed by atoms with Gasteiger partial charge in [-0.2, -0.15) is 0 Å². The molecular formula is C10H20N2O3S. The molecule has 1 aliphatic heterocycles. The first-order chi connectivity index (χ1) is 7.27. The fourth-order valence-corrected chi connectivity index (χ4v) is 3.47. The number of likely N-dealkylation sites (N-methyl/N-ethyl adjacent to an activating group) is 1. The van der Waals surface area contributed by atoms with E-state index in [1.54, 1.807) is 20.9 Å². The summed E-state index contributed by atoms with van der Waals surface area (Å²) in [5, 5.41) is 5.69. The van der Waals surface area contributed by atoms with Crippen molar-refractivity contribution < 1.29 is 13.2 Å². The van der Waals surface area contributed by atoms with E-state index in [-0.39, 0.29) is 23.3 Å². The SMILES string of the molecule is CNC(C)(C)C(=O)NCC1CCS(=O)(=O)C1. The Balaban J connectivity index is 2.39. The molecule has 1 amide bonds. The first kappa shape index (κ1) is 13.4. The van der Waals surface area contributed by atoms with Crippen molar-refractivity contribution in [2.75, 3.05) is 25.1 Å². The average Bonchev–Trinajstić information content (AvgIpc) is 2.54. The topological polar surface area (TPSA) is 75.3 Å². The predicted molar refractivity (Wildman–Crippen MR) is 62.9 cm³/mol. The monoisotopic (exact) mass is 248 g/mol. The molecule has 1 fully saturated rings. The van der Waals surface area contributed by atoms with Gasteiger partial charge in [0.05, 0.1) is 17.0 Å². The molecule has 0 saturated carbocycles. The first-order valence-electron chi connectivity index (χ1n) is 5.44. The zero-order valence-corrected chi connectivity index (χ0v) is 10.9. The number of hydrogen-bond donors (Lipinski definition) is 2. The van der Waals surface area contributed by atoms with E-state index in [1.807, 2.05) is 0 Å². The van der Waals surface area contributed by atoms with Crippen molar-refractivity contribution in [2.24, 2.45) is 5.92 Å². The fraction of sp³-hybridized carbons (Fsp3) is 0.900. The van der Waals surface area contributed by atoms with E-state index in [0.29, 0.717) is 13.0 Å². The van der Waals surface area contributed by atoms with E-state index in [9.17, 15) is 13.2 Å². The Hall–Kier alpha value is -0.620. The standard InChI is InChI=1S/C10H20N2O3S/c1-10(2,11-3)9(13)12-6-8-4-5-16(14,15)7-8/h8,11H,4-7H2,1-3H3,(H,12,13). The number of amides is 1. The molecule has 0 aliphatic carbocycles. The van der Waals surface area contributed by atoms with Crippen molar-refractivity contribution in [1.29, 1.82) is 0 Å². The third kappa shape index (κ3) is 3.45. The van der Waals surface area contributed by atoms with Gasteiger partial charge < -0.3 is 10.6 Å². The minimum absolute atomic E-state index is 0.0709. The average molecular weight is 248 g/mol. The van der Waals surface area contributed by atoms with Crippen LogP contribution in [0.4, 0.5) is 0 Å². The molecule has 1 atom stereocenters. The highest BCUT2D eigenvalue weighted by Crippen LogP contribution is 2.17. The van der Waals surface area contributed by atoms with Crippen LogP contribution in [0.1, 0.15) is 20.3 Å². The molecule has 0 spiro atoms. The second kappa shape index (κ2) is 4.71. The lowest BCUT2D eigenvalue weighted by Gasteiger charge is -2.23. The Bertz CT molecular complexity index is 362. The first-order valence-corrected chi connectivity index (χ1v) is 7.26. The molecule has 1 unspecified atom stereocenters. The van der Waals surface area contributed by atoms with Crippen LogP contribution >= 0.6 is 0 Å². The Kier molecular flexibility index (Phi) is 3.96. The summed E-state index contributed by atoms with van der Waals surface area (Å²) in [6, 6.07) is 0. The molecule has 16 heavy (non-hydrogen) atoms. The molecule has 1 rings (SSSR count). The number of hydrogen-bond acceptors (Lipinski definition) is 4. The van der Waals surface area contributed by atoms with E-state index >= 15 is 0 Å². The van der Waals surface area contributed by atoms with Gasteiger partial charge in [0.2, 0.25) is 5.91 Å². The maximum Gasteiger partial charge on any atom is 0.239 e. The summed E-state index contributed by atoms with van der Waals surface area (Å²) in [5.41, 5.74) is -0.614. The molecule has 1 heterocycles. The van der Waals surface area contributed by atoms with E-state index in [2.05, 4.69) is 10.6 Å². The van der Waals surface area contributed by atoms with Gasteiger partial charge in [0.15, 0.2) is 9.84 Å². The third-order valence-electron chi connectivity index (χ3n) is 3.07. The summed E-state index contributed by atoms with van der Waals surface area (Å²) < 4.78 is 22.4. The van der Waals surface area contributed by atoms with Crippen LogP contribution in [0, 0.1) is 5.92 Å². The summed E-state index contributed by atoms with van der Waals surface area (Å²) in [4.78, 5) is 11.7. The van der Waals surface area contributed by atoms with Crippen molar-refractivity contribution in [3.63, 3.8) is 0 Å². The second-order valence-electron chi connectivity index (χ2n) is 4.85. The zero-order valence-electron chi connectivity index (χ0n) is 10.0. The number of nitrogens with one attached hydrogen (secondary N) is 2. The van der Waals surface area contributed by atoms with Crippen molar-refractivity contribution in [3.05, 3.63) is 0 Å². The number of rotatable bonds is 4. The molecule has 94 valence electrons. The summed E-state index contributed by atoms with van der Waals surface area (Å²) in [6.45, 7) is 4.02. The molecule has 5 nitrogen and oxygen atoms in total. The highest BCUT2D eigenvalue weighted by Gasteiger charge is 2.30. The molecule has 2 N–H and O–H groups in total. The Morgan fingerprint density at radius 2 is 2.06 bits per heavy atom. The Morgan fingerprint density at radius 1 is 1.44 bits per heavy atom. The van der Waals surface area contributed by atoms with Crippen LogP contribution in [0.3, 0.4) is 0 Å². The summed E-state index contributed by atoms with van der Waals surface area (Å²) in [6.07, 6.45) is 0.655. The van der Waals surface area contributed by atoms with Gasteiger partial charge in [0.1, 0.15) is 0 Å². The minimum Gasteiger partial charge on any atom is -0.354 e. The molecule has 1 saturated heterocycles. The van der Waals surface area contributed by atoms with Gasteiger partial charge in [-0.25, -0.2) is 8.42 Å². The van der Waals surface area contributed by atoms with E-state index in [1.165, 1.54) is 0 Å². The van der Waals surface area contributed by atoms with Gasteiger partial charge in [0, 0.05) is 6.54 Å². The third-order valence-corrected chi connectivity index (χ3v) is 4.91. The van der Waals surface area contributed by atoms with Crippen molar-refractivity contribution in [2.45, 2.75) is 25.8 Å². The van der Waals surface area contributed by atoms with Crippen LogP contribution in [0.25, 0.3) is 0 Å². The summed E-state index contributed by atoms with van der Waals surface area (Å²) >= 11 is 0. The van der Waals surface area contributed by atoms with Crippen molar-refractivity contribution >= 4 is 15.7 Å². The maximum absolute atomic E-state index is 11.7. The Labute approximate surface area is 96.9 Å². The van der Waals surface area contributed by atoms with Crippen LogP contribution in [0.2, 0.25) is 0 Å². The van der Waals surface area contributed by atoms with Crippen molar-refractivity contribution in [1.82, 2.24) is 10.6 Å². The van der Waals surface area contributed by atoms with Gasteiger partial charge in [-0.05, 0) is 33.2 Å². The number of carbonyl (C=O) groups is 1. The zero-order chi connectivity index (χ0) is 12.4. The molecule has 0 aromatic carbocycles. The molecule has 0 aromatic rings. The van der Waals surface area contributed by atoms with Gasteiger partial charge >= 0.3 is 0 Å². The summed E-state index contributed by atoms with van der Waals surface area (Å²) in [7, 11) is -1.13. The Morgan fingerprint density at radius 3 is 2.50 bits per heavy atom. The van der Waals surface area contributed by atoms with E-state index in [4.69, 9.17) is 0 Å². The second-order valence-corrected chi connectivity index (χ2v) is 7.08. The molecule has 6 heteroatoms.